The van der Waals surface area contributed by atoms with E-state index < -0.39 is 5.54 Å². The summed E-state index contributed by atoms with van der Waals surface area (Å²) < 4.78 is 1.85. The molecule has 7 heteroatoms. The molecule has 2 aromatic heterocycles. The van der Waals surface area contributed by atoms with Crippen molar-refractivity contribution in [1.29, 1.82) is 0 Å². The molecule has 0 aromatic carbocycles. The summed E-state index contributed by atoms with van der Waals surface area (Å²) in [5.41, 5.74) is 1.43. The molecule has 4 rings (SSSR count). The first-order valence-electron chi connectivity index (χ1n) is 7.43. The number of nitrogens with one attached hydrogen (secondary N) is 2. The lowest BCUT2D eigenvalue weighted by atomic mass is 9.89. The van der Waals surface area contributed by atoms with Crippen LogP contribution in [0, 0.1) is 0 Å². The number of amides is 3. The first-order chi connectivity index (χ1) is 10.7. The van der Waals surface area contributed by atoms with Gasteiger partial charge in [0.2, 0.25) is 0 Å². The van der Waals surface area contributed by atoms with Crippen LogP contribution in [0.25, 0.3) is 5.52 Å². The number of fused-ring (bicyclic) bond motifs is 1. The van der Waals surface area contributed by atoms with Gasteiger partial charge in [0.15, 0.2) is 0 Å². The van der Waals surface area contributed by atoms with Gasteiger partial charge in [-0.3, -0.25) is 15.0 Å². The largest absolute Gasteiger partial charge is 0.322 e. The molecule has 2 aliphatic heterocycles. The minimum atomic E-state index is -0.766. The van der Waals surface area contributed by atoms with Gasteiger partial charge in [0.05, 0.1) is 11.7 Å². The van der Waals surface area contributed by atoms with E-state index in [1.807, 2.05) is 35.1 Å². The lowest BCUT2D eigenvalue weighted by Gasteiger charge is -2.37. The van der Waals surface area contributed by atoms with Gasteiger partial charge in [0.1, 0.15) is 5.54 Å². The fourth-order valence-corrected chi connectivity index (χ4v) is 3.44. The summed E-state index contributed by atoms with van der Waals surface area (Å²) in [5.74, 6) is -0.206. The van der Waals surface area contributed by atoms with Crippen molar-refractivity contribution in [2.75, 3.05) is 13.1 Å². The van der Waals surface area contributed by atoms with Crippen molar-refractivity contribution in [2.24, 2.45) is 0 Å². The molecule has 4 heterocycles. The van der Waals surface area contributed by atoms with Crippen LogP contribution in [-0.4, -0.2) is 45.1 Å². The SMILES string of the molecule is O=C1NC(=O)C2(CCCN(Cc3cnn4ccccc34)C2)N1. The van der Waals surface area contributed by atoms with E-state index in [0.717, 1.165) is 30.6 Å². The van der Waals surface area contributed by atoms with Crippen LogP contribution in [0.3, 0.4) is 0 Å². The van der Waals surface area contributed by atoms with Gasteiger partial charge < -0.3 is 5.32 Å². The zero-order valence-corrected chi connectivity index (χ0v) is 12.1. The van der Waals surface area contributed by atoms with Crippen molar-refractivity contribution in [1.82, 2.24) is 25.1 Å². The Labute approximate surface area is 127 Å². The molecule has 0 aliphatic carbocycles. The maximum absolute atomic E-state index is 12.1. The van der Waals surface area contributed by atoms with Gasteiger partial charge >= 0.3 is 6.03 Å². The number of carbonyl (C=O) groups is 2. The molecule has 7 nitrogen and oxygen atoms in total. The minimum absolute atomic E-state index is 0.206. The Morgan fingerprint density at radius 3 is 3.05 bits per heavy atom. The predicted molar refractivity (Wildman–Crippen MR) is 79.1 cm³/mol. The molecule has 2 saturated heterocycles. The normalized spacial score (nSPS) is 25.6. The highest BCUT2D eigenvalue weighted by atomic mass is 16.2. The summed E-state index contributed by atoms with van der Waals surface area (Å²) in [6.45, 7) is 2.17. The number of aromatic nitrogens is 2. The molecule has 1 spiro atoms. The summed E-state index contributed by atoms with van der Waals surface area (Å²) in [7, 11) is 0. The number of hydrogen-bond acceptors (Lipinski definition) is 4. The van der Waals surface area contributed by atoms with Crippen molar-refractivity contribution < 1.29 is 9.59 Å². The van der Waals surface area contributed by atoms with Crippen LogP contribution in [0.15, 0.2) is 30.6 Å². The van der Waals surface area contributed by atoms with Crippen molar-refractivity contribution in [3.05, 3.63) is 36.2 Å². The molecule has 22 heavy (non-hydrogen) atoms. The van der Waals surface area contributed by atoms with Crippen molar-refractivity contribution in [3.63, 3.8) is 0 Å². The molecule has 1 atom stereocenters. The summed E-state index contributed by atoms with van der Waals surface area (Å²) in [6.07, 6.45) is 5.35. The molecule has 2 fully saturated rings. The Morgan fingerprint density at radius 2 is 2.23 bits per heavy atom. The van der Waals surface area contributed by atoms with E-state index in [2.05, 4.69) is 20.6 Å². The van der Waals surface area contributed by atoms with Crippen LogP contribution in [0.1, 0.15) is 18.4 Å². The smallest absolute Gasteiger partial charge is 0.322 e. The second-order valence-electron chi connectivity index (χ2n) is 6.00. The number of pyridine rings is 1. The van der Waals surface area contributed by atoms with E-state index in [1.165, 1.54) is 0 Å². The molecule has 0 radical (unpaired) electrons. The average molecular weight is 299 g/mol. The maximum Gasteiger partial charge on any atom is 0.322 e. The molecule has 0 bridgehead atoms. The van der Waals surface area contributed by atoms with E-state index in [1.54, 1.807) is 0 Å². The Kier molecular flexibility index (Phi) is 2.90. The zero-order chi connectivity index (χ0) is 15.2. The summed E-state index contributed by atoms with van der Waals surface area (Å²) in [5, 5.41) is 9.50. The summed E-state index contributed by atoms with van der Waals surface area (Å²) in [6, 6.07) is 5.58. The molecule has 1 unspecified atom stereocenters. The third-order valence-corrected chi connectivity index (χ3v) is 4.49. The van der Waals surface area contributed by atoms with Gasteiger partial charge in [-0.1, -0.05) is 6.07 Å². The lowest BCUT2D eigenvalue weighted by Crippen LogP contribution is -2.58. The molecule has 3 amide bonds. The molecule has 114 valence electrons. The molecule has 2 N–H and O–H groups in total. The van der Waals surface area contributed by atoms with E-state index in [4.69, 9.17) is 0 Å². The molecule has 0 saturated carbocycles. The lowest BCUT2D eigenvalue weighted by molar-refractivity contribution is -0.126. The standard InChI is InChI=1S/C15H17N5O2/c21-13-15(18-14(22)17-13)5-3-6-19(10-15)9-11-8-16-20-7-2-1-4-12(11)20/h1-2,4,7-8H,3,5-6,9-10H2,(H2,17,18,21,22). The zero-order valence-electron chi connectivity index (χ0n) is 12.1. The van der Waals surface area contributed by atoms with Crippen LogP contribution < -0.4 is 10.6 Å². The molecule has 2 aromatic rings. The van der Waals surface area contributed by atoms with Crippen molar-refractivity contribution >= 4 is 17.5 Å². The van der Waals surface area contributed by atoms with Crippen LogP contribution in [0.5, 0.6) is 0 Å². The Balaban J connectivity index is 1.56. The number of hydrogen-bond donors (Lipinski definition) is 2. The van der Waals surface area contributed by atoms with Gasteiger partial charge in [-0.05, 0) is 31.5 Å². The number of piperidine rings is 1. The number of likely N-dealkylation sites (tertiary alicyclic amines) is 1. The average Bonchev–Trinajstić information content (AvgIpc) is 3.02. The fourth-order valence-electron chi connectivity index (χ4n) is 3.44. The van der Waals surface area contributed by atoms with Gasteiger partial charge in [-0.25, -0.2) is 9.31 Å². The third-order valence-electron chi connectivity index (χ3n) is 4.49. The highest BCUT2D eigenvalue weighted by Crippen LogP contribution is 2.26. The van der Waals surface area contributed by atoms with Crippen LogP contribution in [0.4, 0.5) is 4.79 Å². The van der Waals surface area contributed by atoms with E-state index in [0.29, 0.717) is 13.0 Å². The van der Waals surface area contributed by atoms with Crippen LogP contribution in [-0.2, 0) is 11.3 Å². The van der Waals surface area contributed by atoms with Gasteiger partial charge in [-0.2, -0.15) is 5.10 Å². The van der Waals surface area contributed by atoms with Crippen LogP contribution in [0.2, 0.25) is 0 Å². The summed E-state index contributed by atoms with van der Waals surface area (Å²) in [4.78, 5) is 25.7. The predicted octanol–water partition coefficient (Wildman–Crippen LogP) is 0.508. The Morgan fingerprint density at radius 1 is 1.32 bits per heavy atom. The second kappa shape index (κ2) is 4.81. The minimum Gasteiger partial charge on any atom is -0.322 e. The van der Waals surface area contributed by atoms with E-state index in [-0.39, 0.29) is 11.9 Å². The quantitative estimate of drug-likeness (QED) is 0.792. The molecule has 2 aliphatic rings. The summed E-state index contributed by atoms with van der Waals surface area (Å²) >= 11 is 0. The first kappa shape index (κ1) is 13.3. The number of nitrogens with zero attached hydrogens (tertiary/aromatic N) is 3. The molecular weight excluding hydrogens is 282 g/mol. The third kappa shape index (κ3) is 2.05. The highest BCUT2D eigenvalue weighted by Gasteiger charge is 2.48. The van der Waals surface area contributed by atoms with Gasteiger partial charge in [-0.15, -0.1) is 0 Å². The number of rotatable bonds is 2. The first-order valence-corrected chi connectivity index (χ1v) is 7.43. The van der Waals surface area contributed by atoms with Crippen molar-refractivity contribution in [3.8, 4) is 0 Å². The number of imide groups is 1. The monoisotopic (exact) mass is 299 g/mol. The van der Waals surface area contributed by atoms with E-state index >= 15 is 0 Å². The van der Waals surface area contributed by atoms with E-state index in [9.17, 15) is 9.59 Å². The van der Waals surface area contributed by atoms with Crippen LogP contribution >= 0.6 is 0 Å². The van der Waals surface area contributed by atoms with Gasteiger partial charge in [0.25, 0.3) is 5.91 Å². The second-order valence-corrected chi connectivity index (χ2v) is 6.00. The fraction of sp³-hybridized carbons (Fsp3) is 0.400. The number of urea groups is 1. The molecular formula is C15H17N5O2. The van der Waals surface area contributed by atoms with Gasteiger partial charge in [0, 0.05) is 24.8 Å². The Bertz CT molecular complexity index is 755. The maximum atomic E-state index is 12.1. The number of carbonyl (C=O) groups excluding carboxylic acids is 2. The van der Waals surface area contributed by atoms with Crippen molar-refractivity contribution in [2.45, 2.75) is 24.9 Å². The Hall–Kier alpha value is -2.41. The highest BCUT2D eigenvalue weighted by molar-refractivity contribution is 6.07. The topological polar surface area (TPSA) is 78.7 Å².